The van der Waals surface area contributed by atoms with Gasteiger partial charge < -0.3 is 9.64 Å². The first-order valence-corrected chi connectivity index (χ1v) is 13.5. The number of alkyl halides is 3. The summed E-state index contributed by atoms with van der Waals surface area (Å²) in [5.74, 6) is 1.88. The van der Waals surface area contributed by atoms with Gasteiger partial charge in [0.25, 0.3) is 0 Å². The molecule has 1 aliphatic carbocycles. The van der Waals surface area contributed by atoms with E-state index in [1.165, 1.54) is 6.42 Å². The quantitative estimate of drug-likeness (QED) is 0.503. The molecule has 2 saturated heterocycles. The first kappa shape index (κ1) is 24.9. The van der Waals surface area contributed by atoms with Gasteiger partial charge in [-0.15, -0.1) is 0 Å². The van der Waals surface area contributed by atoms with Crippen molar-refractivity contribution in [3.05, 3.63) is 17.4 Å². The standard InChI is InChI=1S/C21H30ClF3N4O3S/c22-17-12-26-20(27-13-17)28-6-1-15(2-7-28)19-11-16(19)4-9-32-18-3-8-29(14-18)33(30,31)10-5-21(23,24)25/h12-13,15-16,18-19H,1-11,14H2. The van der Waals surface area contributed by atoms with Crippen LogP contribution in [-0.2, 0) is 14.8 Å². The van der Waals surface area contributed by atoms with Crippen molar-refractivity contribution in [1.82, 2.24) is 14.3 Å². The zero-order valence-electron chi connectivity index (χ0n) is 18.4. The number of anilines is 1. The fourth-order valence-corrected chi connectivity index (χ4v) is 6.65. The Bertz CT molecular complexity index is 895. The number of nitrogens with zero attached hydrogens (tertiary/aromatic N) is 4. The molecule has 12 heteroatoms. The van der Waals surface area contributed by atoms with Gasteiger partial charge in [-0.2, -0.15) is 17.5 Å². The van der Waals surface area contributed by atoms with Crippen molar-refractivity contribution in [3.63, 3.8) is 0 Å². The van der Waals surface area contributed by atoms with Gasteiger partial charge in [0.05, 0.1) is 35.7 Å². The van der Waals surface area contributed by atoms with Crippen molar-refractivity contribution in [2.45, 2.75) is 50.8 Å². The molecule has 0 amide bonds. The number of aromatic nitrogens is 2. The molecule has 3 unspecified atom stereocenters. The number of hydrogen-bond acceptors (Lipinski definition) is 6. The Kier molecular flexibility index (Phi) is 7.72. The van der Waals surface area contributed by atoms with E-state index < -0.39 is 28.4 Å². The molecule has 0 N–H and O–H groups in total. The minimum absolute atomic E-state index is 0.152. The number of sulfonamides is 1. The lowest BCUT2D eigenvalue weighted by Gasteiger charge is -2.32. The third-order valence-corrected chi connectivity index (χ3v) is 9.03. The van der Waals surface area contributed by atoms with Crippen molar-refractivity contribution < 1.29 is 26.3 Å². The monoisotopic (exact) mass is 510 g/mol. The Labute approximate surface area is 197 Å². The van der Waals surface area contributed by atoms with Crippen LogP contribution in [0.1, 0.15) is 38.5 Å². The maximum atomic E-state index is 12.4. The minimum Gasteiger partial charge on any atom is -0.377 e. The first-order chi connectivity index (χ1) is 15.6. The van der Waals surface area contributed by atoms with Crippen LogP contribution in [0.4, 0.5) is 19.1 Å². The highest BCUT2D eigenvalue weighted by Gasteiger charge is 2.43. The lowest BCUT2D eigenvalue weighted by Crippen LogP contribution is -2.35. The molecule has 3 aliphatic rings. The van der Waals surface area contributed by atoms with Crippen molar-refractivity contribution in [2.75, 3.05) is 43.4 Å². The molecule has 0 aromatic carbocycles. The van der Waals surface area contributed by atoms with Crippen LogP contribution in [0.2, 0.25) is 5.02 Å². The highest BCUT2D eigenvalue weighted by Crippen LogP contribution is 2.50. The Hall–Kier alpha value is -1.17. The summed E-state index contributed by atoms with van der Waals surface area (Å²) in [6, 6.07) is 0. The van der Waals surface area contributed by atoms with Crippen LogP contribution < -0.4 is 4.90 Å². The van der Waals surface area contributed by atoms with E-state index in [1.807, 2.05) is 0 Å². The zero-order valence-corrected chi connectivity index (χ0v) is 20.0. The fourth-order valence-electron chi connectivity index (χ4n) is 5.02. The molecule has 7 nitrogen and oxygen atoms in total. The lowest BCUT2D eigenvalue weighted by molar-refractivity contribution is -0.130. The van der Waals surface area contributed by atoms with Crippen LogP contribution in [0, 0.1) is 17.8 Å². The third-order valence-electron chi connectivity index (χ3n) is 7.00. The van der Waals surface area contributed by atoms with Gasteiger partial charge in [-0.05, 0) is 49.9 Å². The number of halogens is 4. The SMILES string of the molecule is O=S(=O)(CCC(F)(F)F)N1CCC(OCCC2CC2C2CCN(c3ncc(Cl)cn3)CC2)C1. The van der Waals surface area contributed by atoms with Crippen LogP contribution in [0.15, 0.2) is 12.4 Å². The summed E-state index contributed by atoms with van der Waals surface area (Å²) >= 11 is 5.86. The molecular formula is C21H30ClF3N4O3S. The lowest BCUT2D eigenvalue weighted by atomic mass is 9.90. The summed E-state index contributed by atoms with van der Waals surface area (Å²) in [5.41, 5.74) is 0. The highest BCUT2D eigenvalue weighted by molar-refractivity contribution is 7.89. The average molecular weight is 511 g/mol. The van der Waals surface area contributed by atoms with Crippen LogP contribution >= 0.6 is 11.6 Å². The third kappa shape index (κ3) is 6.93. The molecule has 186 valence electrons. The Morgan fingerprint density at radius 1 is 1.12 bits per heavy atom. The fraction of sp³-hybridized carbons (Fsp3) is 0.810. The van der Waals surface area contributed by atoms with E-state index in [0.717, 1.165) is 42.6 Å². The van der Waals surface area contributed by atoms with E-state index in [9.17, 15) is 21.6 Å². The predicted molar refractivity (Wildman–Crippen MR) is 119 cm³/mol. The van der Waals surface area contributed by atoms with E-state index in [1.54, 1.807) is 12.4 Å². The molecule has 0 radical (unpaired) electrons. The summed E-state index contributed by atoms with van der Waals surface area (Å²) < 4.78 is 68.3. The van der Waals surface area contributed by atoms with Gasteiger partial charge >= 0.3 is 6.18 Å². The van der Waals surface area contributed by atoms with E-state index in [0.29, 0.717) is 35.8 Å². The largest absolute Gasteiger partial charge is 0.390 e. The van der Waals surface area contributed by atoms with Gasteiger partial charge in [0.15, 0.2) is 0 Å². The second-order valence-electron chi connectivity index (χ2n) is 9.29. The number of rotatable bonds is 9. The molecule has 3 fully saturated rings. The molecular weight excluding hydrogens is 481 g/mol. The maximum Gasteiger partial charge on any atom is 0.390 e. The molecule has 1 aromatic rings. The molecule has 1 saturated carbocycles. The molecule has 0 spiro atoms. The van der Waals surface area contributed by atoms with E-state index in [2.05, 4.69) is 14.9 Å². The molecule has 1 aromatic heterocycles. The Morgan fingerprint density at radius 2 is 1.82 bits per heavy atom. The number of piperidine rings is 1. The Morgan fingerprint density at radius 3 is 2.48 bits per heavy atom. The van der Waals surface area contributed by atoms with Crippen molar-refractivity contribution in [1.29, 1.82) is 0 Å². The smallest absolute Gasteiger partial charge is 0.377 e. The van der Waals surface area contributed by atoms with Crippen molar-refractivity contribution >= 4 is 27.6 Å². The first-order valence-electron chi connectivity index (χ1n) is 11.5. The van der Waals surface area contributed by atoms with Crippen molar-refractivity contribution in [3.8, 4) is 0 Å². The topological polar surface area (TPSA) is 75.6 Å². The molecule has 4 rings (SSSR count). The second-order valence-corrected chi connectivity index (χ2v) is 11.8. The minimum atomic E-state index is -4.47. The summed E-state index contributed by atoms with van der Waals surface area (Å²) in [7, 11) is -3.89. The van der Waals surface area contributed by atoms with Gasteiger partial charge in [-0.1, -0.05) is 11.6 Å². The summed E-state index contributed by atoms with van der Waals surface area (Å²) in [6.07, 6.45) is 2.13. The Balaban J connectivity index is 1.12. The van der Waals surface area contributed by atoms with Crippen LogP contribution in [0.3, 0.4) is 0 Å². The van der Waals surface area contributed by atoms with Gasteiger partial charge in [-0.3, -0.25) is 0 Å². The normalized spacial score (nSPS) is 27.3. The average Bonchev–Trinajstić information content (AvgIpc) is 3.37. The van der Waals surface area contributed by atoms with Crippen LogP contribution in [0.25, 0.3) is 0 Å². The summed E-state index contributed by atoms with van der Waals surface area (Å²) in [5, 5.41) is 0.532. The molecule has 33 heavy (non-hydrogen) atoms. The van der Waals surface area contributed by atoms with E-state index in [4.69, 9.17) is 16.3 Å². The van der Waals surface area contributed by atoms with Crippen LogP contribution in [-0.4, -0.2) is 73.5 Å². The molecule has 0 bridgehead atoms. The van der Waals surface area contributed by atoms with Gasteiger partial charge in [0.2, 0.25) is 16.0 Å². The van der Waals surface area contributed by atoms with E-state index in [-0.39, 0.29) is 19.2 Å². The molecule has 3 heterocycles. The van der Waals surface area contributed by atoms with Gasteiger partial charge in [0, 0.05) is 32.8 Å². The number of hydrogen-bond donors (Lipinski definition) is 0. The van der Waals surface area contributed by atoms with E-state index >= 15 is 0 Å². The summed E-state index contributed by atoms with van der Waals surface area (Å²) in [6.45, 7) is 2.82. The number of ether oxygens (including phenoxy) is 1. The zero-order chi connectivity index (χ0) is 23.6. The van der Waals surface area contributed by atoms with Crippen molar-refractivity contribution in [2.24, 2.45) is 17.8 Å². The summed E-state index contributed by atoms with van der Waals surface area (Å²) in [4.78, 5) is 10.8. The second kappa shape index (κ2) is 10.2. The van der Waals surface area contributed by atoms with Crippen LogP contribution in [0.5, 0.6) is 0 Å². The van der Waals surface area contributed by atoms with Gasteiger partial charge in [0.1, 0.15) is 0 Å². The van der Waals surface area contributed by atoms with Gasteiger partial charge in [-0.25, -0.2) is 18.4 Å². The predicted octanol–water partition coefficient (Wildman–Crippen LogP) is 3.75. The highest BCUT2D eigenvalue weighted by atomic mass is 35.5. The molecule has 2 aliphatic heterocycles. The maximum absolute atomic E-state index is 12.4. The molecule has 3 atom stereocenters.